The molecule has 0 saturated heterocycles. The highest BCUT2D eigenvalue weighted by Gasteiger charge is 2.19. The van der Waals surface area contributed by atoms with E-state index in [1.54, 1.807) is 0 Å². The number of hydrogen-bond donors (Lipinski definition) is 1. The van der Waals surface area contributed by atoms with E-state index in [-0.39, 0.29) is 11.9 Å². The number of imidazole rings is 1. The maximum absolute atomic E-state index is 12.6. The minimum atomic E-state index is -0.249. The predicted octanol–water partition coefficient (Wildman–Crippen LogP) is 5.22. The molecular weight excluding hydrogens is 386 g/mol. The standard InChI is InChI=1S/C26H27N3O2/c1-18-13-14-24(19(2)17-18)31-16-15-29-23-12-8-7-11-22(23)28-25(29)20(3)27-26(30)21-9-5-4-6-10-21/h4-14,17,20H,15-16H2,1-3H3,(H,27,30). The summed E-state index contributed by atoms with van der Waals surface area (Å²) in [5.41, 5.74) is 4.91. The number of benzene rings is 3. The number of nitrogens with one attached hydrogen (secondary N) is 1. The van der Waals surface area contributed by atoms with Crippen molar-refractivity contribution >= 4 is 16.9 Å². The van der Waals surface area contributed by atoms with Gasteiger partial charge in [-0.3, -0.25) is 4.79 Å². The molecule has 0 spiro atoms. The summed E-state index contributed by atoms with van der Waals surface area (Å²) < 4.78 is 8.20. The van der Waals surface area contributed by atoms with Crippen molar-refractivity contribution in [2.75, 3.05) is 6.61 Å². The van der Waals surface area contributed by atoms with Gasteiger partial charge in [0.05, 0.1) is 23.6 Å². The van der Waals surface area contributed by atoms with Gasteiger partial charge in [-0.05, 0) is 56.7 Å². The topological polar surface area (TPSA) is 56.1 Å². The minimum Gasteiger partial charge on any atom is -0.491 e. The number of amides is 1. The Morgan fingerprint density at radius 2 is 1.77 bits per heavy atom. The first-order valence-corrected chi connectivity index (χ1v) is 10.5. The summed E-state index contributed by atoms with van der Waals surface area (Å²) in [7, 11) is 0. The van der Waals surface area contributed by atoms with E-state index in [0.717, 1.165) is 28.2 Å². The van der Waals surface area contributed by atoms with Gasteiger partial charge in [-0.25, -0.2) is 4.98 Å². The maximum atomic E-state index is 12.6. The van der Waals surface area contributed by atoms with E-state index in [1.807, 2.05) is 61.5 Å². The van der Waals surface area contributed by atoms with E-state index in [4.69, 9.17) is 9.72 Å². The highest BCUT2D eigenvalue weighted by molar-refractivity contribution is 5.94. The van der Waals surface area contributed by atoms with Crippen LogP contribution in [0.4, 0.5) is 0 Å². The van der Waals surface area contributed by atoms with Gasteiger partial charge in [0.1, 0.15) is 18.2 Å². The first kappa shape index (κ1) is 20.7. The van der Waals surface area contributed by atoms with Gasteiger partial charge >= 0.3 is 0 Å². The SMILES string of the molecule is Cc1ccc(OCCn2c(C(C)NC(=O)c3ccccc3)nc3ccccc32)c(C)c1. The summed E-state index contributed by atoms with van der Waals surface area (Å²) in [6.45, 7) is 7.24. The third-order valence-electron chi connectivity index (χ3n) is 5.36. The molecule has 1 atom stereocenters. The summed E-state index contributed by atoms with van der Waals surface area (Å²) in [5, 5.41) is 3.07. The minimum absolute atomic E-state index is 0.113. The molecule has 1 unspecified atom stereocenters. The van der Waals surface area contributed by atoms with Crippen molar-refractivity contribution in [1.82, 2.24) is 14.9 Å². The number of fused-ring (bicyclic) bond motifs is 1. The lowest BCUT2D eigenvalue weighted by molar-refractivity contribution is 0.0937. The molecule has 0 radical (unpaired) electrons. The van der Waals surface area contributed by atoms with E-state index >= 15 is 0 Å². The Balaban J connectivity index is 1.54. The van der Waals surface area contributed by atoms with Gasteiger partial charge in [0.25, 0.3) is 5.91 Å². The second kappa shape index (κ2) is 9.04. The summed E-state index contributed by atoms with van der Waals surface area (Å²) in [5.74, 6) is 1.59. The number of aromatic nitrogens is 2. The Kier molecular flexibility index (Phi) is 6.03. The number of nitrogens with zero attached hydrogens (tertiary/aromatic N) is 2. The molecule has 31 heavy (non-hydrogen) atoms. The van der Waals surface area contributed by atoms with Crippen molar-refractivity contribution in [2.45, 2.75) is 33.4 Å². The Hall–Kier alpha value is -3.60. The Morgan fingerprint density at radius 3 is 2.55 bits per heavy atom. The van der Waals surface area contributed by atoms with Crippen molar-refractivity contribution in [3.05, 3.63) is 95.3 Å². The average molecular weight is 414 g/mol. The van der Waals surface area contributed by atoms with Crippen LogP contribution in [0.3, 0.4) is 0 Å². The van der Waals surface area contributed by atoms with Crippen LogP contribution in [0.5, 0.6) is 5.75 Å². The summed E-state index contributed by atoms with van der Waals surface area (Å²) >= 11 is 0. The molecule has 0 aliphatic heterocycles. The third kappa shape index (κ3) is 4.61. The number of carbonyl (C=O) groups is 1. The molecule has 1 amide bonds. The highest BCUT2D eigenvalue weighted by atomic mass is 16.5. The van der Waals surface area contributed by atoms with Crippen LogP contribution in [0.25, 0.3) is 11.0 Å². The number of rotatable bonds is 7. The molecule has 5 heteroatoms. The molecule has 4 rings (SSSR count). The van der Waals surface area contributed by atoms with Crippen molar-refractivity contribution in [1.29, 1.82) is 0 Å². The molecule has 4 aromatic rings. The fraction of sp³-hybridized carbons (Fsp3) is 0.231. The number of ether oxygens (including phenoxy) is 1. The third-order valence-corrected chi connectivity index (χ3v) is 5.36. The molecule has 0 bridgehead atoms. The molecular formula is C26H27N3O2. The molecule has 0 saturated carbocycles. The molecule has 0 aliphatic carbocycles. The van der Waals surface area contributed by atoms with Gasteiger partial charge in [-0.1, -0.05) is 48.0 Å². The van der Waals surface area contributed by atoms with Gasteiger partial charge in [-0.2, -0.15) is 0 Å². The number of aryl methyl sites for hydroxylation is 2. The highest BCUT2D eigenvalue weighted by Crippen LogP contribution is 2.22. The summed E-state index contributed by atoms with van der Waals surface area (Å²) in [4.78, 5) is 17.5. The lowest BCUT2D eigenvalue weighted by Gasteiger charge is -2.17. The smallest absolute Gasteiger partial charge is 0.251 e. The van der Waals surface area contributed by atoms with Crippen molar-refractivity contribution in [2.24, 2.45) is 0 Å². The first-order valence-electron chi connectivity index (χ1n) is 10.5. The average Bonchev–Trinajstić information content (AvgIpc) is 3.15. The van der Waals surface area contributed by atoms with Crippen LogP contribution in [0.2, 0.25) is 0 Å². The van der Waals surface area contributed by atoms with Crippen LogP contribution in [0.1, 0.15) is 40.3 Å². The lowest BCUT2D eigenvalue weighted by Crippen LogP contribution is -2.29. The molecule has 5 nitrogen and oxygen atoms in total. The number of carbonyl (C=O) groups excluding carboxylic acids is 1. The van der Waals surface area contributed by atoms with E-state index in [2.05, 4.69) is 41.9 Å². The second-order valence-corrected chi connectivity index (χ2v) is 7.79. The zero-order chi connectivity index (χ0) is 21.8. The van der Waals surface area contributed by atoms with Crippen molar-refractivity contribution in [3.8, 4) is 5.75 Å². The van der Waals surface area contributed by atoms with Crippen LogP contribution in [-0.4, -0.2) is 22.1 Å². The second-order valence-electron chi connectivity index (χ2n) is 7.79. The normalized spacial score (nSPS) is 12.0. The molecule has 1 aromatic heterocycles. The summed E-state index contributed by atoms with van der Waals surface area (Å²) in [6.07, 6.45) is 0. The van der Waals surface area contributed by atoms with Gasteiger partial charge in [-0.15, -0.1) is 0 Å². The zero-order valence-electron chi connectivity index (χ0n) is 18.1. The first-order chi connectivity index (χ1) is 15.0. The zero-order valence-corrected chi connectivity index (χ0v) is 18.1. The fourth-order valence-corrected chi connectivity index (χ4v) is 3.80. The Morgan fingerprint density at radius 1 is 1.03 bits per heavy atom. The molecule has 1 heterocycles. The predicted molar refractivity (Wildman–Crippen MR) is 123 cm³/mol. The van der Waals surface area contributed by atoms with Gasteiger partial charge in [0.15, 0.2) is 0 Å². The Labute approximate surface area is 182 Å². The monoisotopic (exact) mass is 413 g/mol. The number of hydrogen-bond acceptors (Lipinski definition) is 3. The van der Waals surface area contributed by atoms with Crippen LogP contribution in [0, 0.1) is 13.8 Å². The van der Waals surface area contributed by atoms with Gasteiger partial charge in [0.2, 0.25) is 0 Å². The van der Waals surface area contributed by atoms with E-state index < -0.39 is 0 Å². The van der Waals surface area contributed by atoms with Crippen LogP contribution < -0.4 is 10.1 Å². The van der Waals surface area contributed by atoms with Crippen LogP contribution in [-0.2, 0) is 6.54 Å². The molecule has 0 aliphatic rings. The molecule has 1 N–H and O–H groups in total. The molecule has 0 fully saturated rings. The van der Waals surface area contributed by atoms with Gasteiger partial charge < -0.3 is 14.6 Å². The van der Waals surface area contributed by atoms with Crippen molar-refractivity contribution in [3.63, 3.8) is 0 Å². The van der Waals surface area contributed by atoms with E-state index in [1.165, 1.54) is 5.56 Å². The van der Waals surface area contributed by atoms with Crippen LogP contribution in [0.15, 0.2) is 72.8 Å². The molecule has 158 valence electrons. The molecule has 3 aromatic carbocycles. The van der Waals surface area contributed by atoms with Crippen molar-refractivity contribution < 1.29 is 9.53 Å². The fourth-order valence-electron chi connectivity index (χ4n) is 3.80. The van der Waals surface area contributed by atoms with E-state index in [0.29, 0.717) is 18.7 Å². The lowest BCUT2D eigenvalue weighted by atomic mass is 10.1. The number of para-hydroxylation sites is 2. The Bertz CT molecular complexity index is 1200. The maximum Gasteiger partial charge on any atom is 0.251 e. The quantitative estimate of drug-likeness (QED) is 0.452. The van der Waals surface area contributed by atoms with Gasteiger partial charge in [0, 0.05) is 5.56 Å². The summed E-state index contributed by atoms with van der Waals surface area (Å²) in [6, 6.07) is 23.2. The van der Waals surface area contributed by atoms with Crippen LogP contribution >= 0.6 is 0 Å². The van der Waals surface area contributed by atoms with E-state index in [9.17, 15) is 4.79 Å². The largest absolute Gasteiger partial charge is 0.491 e.